The third-order valence-corrected chi connectivity index (χ3v) is 4.67. The molecule has 1 aliphatic carbocycles. The molecular formula is C14H13NO4S. The molecule has 0 spiro atoms. The fourth-order valence-corrected chi connectivity index (χ4v) is 3.75. The van der Waals surface area contributed by atoms with Crippen LogP contribution in [-0.2, 0) is 20.8 Å². The highest BCUT2D eigenvalue weighted by molar-refractivity contribution is 7.14. The zero-order valence-corrected chi connectivity index (χ0v) is 11.4. The average Bonchev–Trinajstić information content (AvgIpc) is 2.94. The monoisotopic (exact) mass is 291 g/mol. The van der Waals surface area contributed by atoms with E-state index in [1.165, 1.54) is 16.2 Å². The molecule has 3 rings (SSSR count). The summed E-state index contributed by atoms with van der Waals surface area (Å²) in [5.41, 5.74) is 0.520. The van der Waals surface area contributed by atoms with Gasteiger partial charge in [0.2, 0.25) is 11.8 Å². The number of hydrogen-bond acceptors (Lipinski definition) is 4. The molecule has 1 fully saturated rings. The Morgan fingerprint density at radius 1 is 1.40 bits per heavy atom. The molecule has 5 nitrogen and oxygen atoms in total. The summed E-state index contributed by atoms with van der Waals surface area (Å²) in [5.74, 6) is -2.06. The van der Waals surface area contributed by atoms with Gasteiger partial charge in [0.1, 0.15) is 5.00 Å². The van der Waals surface area contributed by atoms with Crippen LogP contribution in [0.15, 0.2) is 23.6 Å². The van der Waals surface area contributed by atoms with Crippen LogP contribution in [-0.4, -0.2) is 22.9 Å². The maximum Gasteiger partial charge on any atom is 0.307 e. The summed E-state index contributed by atoms with van der Waals surface area (Å²) < 4.78 is 0. The summed E-state index contributed by atoms with van der Waals surface area (Å²) in [5, 5.41) is 11.1. The third-order valence-electron chi connectivity index (χ3n) is 3.73. The first-order chi connectivity index (χ1) is 9.59. The molecule has 20 heavy (non-hydrogen) atoms. The molecule has 0 bridgehead atoms. The Hall–Kier alpha value is -1.95. The minimum Gasteiger partial charge on any atom is -0.481 e. The fourth-order valence-electron chi connectivity index (χ4n) is 2.81. The van der Waals surface area contributed by atoms with Gasteiger partial charge in [0.25, 0.3) is 0 Å². The SMILES string of the molecule is O=C(O)Cc1ccsc1N1C(=O)C2C=CCCC2C1=O. The number of rotatable bonds is 3. The van der Waals surface area contributed by atoms with Crippen LogP contribution >= 0.6 is 11.3 Å². The van der Waals surface area contributed by atoms with E-state index in [1.54, 1.807) is 17.5 Å². The Bertz CT molecular complexity index is 618. The van der Waals surface area contributed by atoms with Crippen LogP contribution in [0.4, 0.5) is 5.00 Å². The fraction of sp³-hybridized carbons (Fsp3) is 0.357. The van der Waals surface area contributed by atoms with E-state index >= 15 is 0 Å². The second-order valence-electron chi connectivity index (χ2n) is 4.97. The molecule has 2 aliphatic rings. The van der Waals surface area contributed by atoms with Gasteiger partial charge in [0, 0.05) is 0 Å². The van der Waals surface area contributed by atoms with Gasteiger partial charge in [-0.15, -0.1) is 11.3 Å². The molecule has 6 heteroatoms. The van der Waals surface area contributed by atoms with Crippen LogP contribution in [0.2, 0.25) is 0 Å². The highest BCUT2D eigenvalue weighted by Crippen LogP contribution is 2.40. The number of carboxylic acids is 1. The maximum atomic E-state index is 12.4. The van der Waals surface area contributed by atoms with Crippen molar-refractivity contribution in [2.24, 2.45) is 11.8 Å². The predicted molar refractivity (Wildman–Crippen MR) is 73.5 cm³/mol. The Morgan fingerprint density at radius 3 is 2.90 bits per heavy atom. The zero-order valence-electron chi connectivity index (χ0n) is 10.6. The molecule has 104 valence electrons. The first kappa shape index (κ1) is 13.1. The number of imide groups is 1. The quantitative estimate of drug-likeness (QED) is 0.681. The van der Waals surface area contributed by atoms with Crippen molar-refractivity contribution in [3.05, 3.63) is 29.2 Å². The van der Waals surface area contributed by atoms with E-state index in [9.17, 15) is 14.4 Å². The number of fused-ring (bicyclic) bond motifs is 1. The summed E-state index contributed by atoms with van der Waals surface area (Å²) in [7, 11) is 0. The molecule has 2 amide bonds. The molecule has 1 aromatic heterocycles. The van der Waals surface area contributed by atoms with Crippen molar-refractivity contribution >= 4 is 34.1 Å². The number of hydrogen-bond donors (Lipinski definition) is 1. The lowest BCUT2D eigenvalue weighted by atomic mass is 9.86. The van der Waals surface area contributed by atoms with Crippen molar-refractivity contribution in [3.63, 3.8) is 0 Å². The maximum absolute atomic E-state index is 12.4. The standard InChI is InChI=1S/C14H13NO4S/c16-11(17)7-8-5-6-20-14(8)15-12(18)9-3-1-2-4-10(9)13(15)19/h1,3,5-6,9-10H,2,4,7H2,(H,16,17). The van der Waals surface area contributed by atoms with Gasteiger partial charge in [-0.05, 0) is 29.9 Å². The van der Waals surface area contributed by atoms with Gasteiger partial charge >= 0.3 is 5.97 Å². The Balaban J connectivity index is 1.97. The number of carbonyl (C=O) groups excluding carboxylic acids is 2. The van der Waals surface area contributed by atoms with Crippen LogP contribution < -0.4 is 4.90 Å². The topological polar surface area (TPSA) is 74.7 Å². The van der Waals surface area contributed by atoms with Crippen LogP contribution in [0.1, 0.15) is 18.4 Å². The van der Waals surface area contributed by atoms with E-state index in [0.29, 0.717) is 17.0 Å². The normalized spacial score (nSPS) is 25.1. The molecule has 2 atom stereocenters. The molecule has 2 heterocycles. The van der Waals surface area contributed by atoms with Crippen LogP contribution in [0, 0.1) is 11.8 Å². The number of thiophene rings is 1. The van der Waals surface area contributed by atoms with E-state index in [-0.39, 0.29) is 30.1 Å². The number of allylic oxidation sites excluding steroid dienone is 1. The van der Waals surface area contributed by atoms with E-state index in [0.717, 1.165) is 6.42 Å². The van der Waals surface area contributed by atoms with Crippen molar-refractivity contribution in [1.29, 1.82) is 0 Å². The van der Waals surface area contributed by atoms with Crippen molar-refractivity contribution in [2.45, 2.75) is 19.3 Å². The van der Waals surface area contributed by atoms with Crippen LogP contribution in [0.5, 0.6) is 0 Å². The first-order valence-electron chi connectivity index (χ1n) is 6.42. The largest absolute Gasteiger partial charge is 0.481 e. The second-order valence-corrected chi connectivity index (χ2v) is 5.87. The lowest BCUT2D eigenvalue weighted by Gasteiger charge is -2.14. The van der Waals surface area contributed by atoms with Gasteiger partial charge in [0.05, 0.1) is 18.3 Å². The minimum atomic E-state index is -0.971. The van der Waals surface area contributed by atoms with E-state index < -0.39 is 5.97 Å². The highest BCUT2D eigenvalue weighted by Gasteiger charge is 2.48. The molecule has 1 aromatic rings. The molecule has 1 saturated heterocycles. The van der Waals surface area contributed by atoms with Crippen molar-refractivity contribution in [3.8, 4) is 0 Å². The molecule has 0 saturated carbocycles. The third kappa shape index (κ3) is 1.96. The summed E-state index contributed by atoms with van der Waals surface area (Å²) in [4.78, 5) is 36.9. The van der Waals surface area contributed by atoms with Crippen LogP contribution in [0.25, 0.3) is 0 Å². The average molecular weight is 291 g/mol. The summed E-state index contributed by atoms with van der Waals surface area (Å²) in [6.07, 6.45) is 5.05. The number of anilines is 1. The molecule has 1 N–H and O–H groups in total. The van der Waals surface area contributed by atoms with Gasteiger partial charge < -0.3 is 5.11 Å². The van der Waals surface area contributed by atoms with Gasteiger partial charge in [-0.2, -0.15) is 0 Å². The zero-order chi connectivity index (χ0) is 14.3. The van der Waals surface area contributed by atoms with Crippen molar-refractivity contribution < 1.29 is 19.5 Å². The Morgan fingerprint density at radius 2 is 2.20 bits per heavy atom. The van der Waals surface area contributed by atoms with Gasteiger partial charge in [0.15, 0.2) is 0 Å². The van der Waals surface area contributed by atoms with Crippen molar-refractivity contribution in [2.75, 3.05) is 4.90 Å². The smallest absolute Gasteiger partial charge is 0.307 e. The number of carboxylic acid groups (broad SMARTS) is 1. The van der Waals surface area contributed by atoms with Gasteiger partial charge in [-0.25, -0.2) is 4.90 Å². The van der Waals surface area contributed by atoms with Crippen LogP contribution in [0.3, 0.4) is 0 Å². The summed E-state index contributed by atoms with van der Waals surface area (Å²) in [6.45, 7) is 0. The summed E-state index contributed by atoms with van der Waals surface area (Å²) >= 11 is 1.24. The first-order valence-corrected chi connectivity index (χ1v) is 7.30. The van der Waals surface area contributed by atoms with Gasteiger partial charge in [-0.3, -0.25) is 14.4 Å². The summed E-state index contributed by atoms with van der Waals surface area (Å²) in [6, 6.07) is 1.66. The molecule has 0 aromatic carbocycles. The molecule has 0 radical (unpaired) electrons. The highest BCUT2D eigenvalue weighted by atomic mass is 32.1. The molecule has 1 aliphatic heterocycles. The number of nitrogens with zero attached hydrogens (tertiary/aromatic N) is 1. The van der Waals surface area contributed by atoms with E-state index in [4.69, 9.17) is 5.11 Å². The van der Waals surface area contributed by atoms with Crippen molar-refractivity contribution in [1.82, 2.24) is 0 Å². The predicted octanol–water partition coefficient (Wildman–Crippen LogP) is 1.83. The molecule has 2 unspecified atom stereocenters. The Kier molecular flexibility index (Phi) is 3.17. The molecular weight excluding hydrogens is 278 g/mol. The van der Waals surface area contributed by atoms with E-state index in [1.807, 2.05) is 6.08 Å². The van der Waals surface area contributed by atoms with E-state index in [2.05, 4.69) is 0 Å². The second kappa shape index (κ2) is 4.86. The lowest BCUT2D eigenvalue weighted by Crippen LogP contribution is -2.31. The minimum absolute atomic E-state index is 0.179. The van der Waals surface area contributed by atoms with Gasteiger partial charge in [-0.1, -0.05) is 12.2 Å². The number of amides is 2. The number of carbonyl (C=O) groups is 3. The Labute approximate surface area is 119 Å². The number of aliphatic carboxylic acids is 1. The lowest BCUT2D eigenvalue weighted by molar-refractivity contribution is -0.136.